The third-order valence-corrected chi connectivity index (χ3v) is 6.57. The summed E-state index contributed by atoms with van der Waals surface area (Å²) < 4.78 is 2.17. The Morgan fingerprint density at radius 2 is 2.00 bits per heavy atom. The van der Waals surface area contributed by atoms with Gasteiger partial charge in [-0.05, 0) is 51.2 Å². The van der Waals surface area contributed by atoms with E-state index >= 15 is 0 Å². The molecule has 1 fully saturated rings. The molecule has 1 aliphatic rings. The van der Waals surface area contributed by atoms with Crippen LogP contribution < -0.4 is 0 Å². The van der Waals surface area contributed by atoms with Gasteiger partial charge in [0.2, 0.25) is 0 Å². The largest absolute Gasteiger partial charge is 0.294 e. The minimum absolute atomic E-state index is 0.801. The Kier molecular flexibility index (Phi) is 4.75. The number of aromatic nitrogens is 3. The number of hydrogen-bond acceptors (Lipinski definition) is 5. The highest BCUT2D eigenvalue weighted by Crippen LogP contribution is 2.35. The van der Waals surface area contributed by atoms with Gasteiger partial charge in [-0.1, -0.05) is 6.42 Å². The molecule has 0 aromatic carbocycles. The summed E-state index contributed by atoms with van der Waals surface area (Å²) in [7, 11) is 0. The Morgan fingerprint density at radius 1 is 1.19 bits per heavy atom. The molecule has 0 N–H and O–H groups in total. The molecule has 3 heterocycles. The number of rotatable bonds is 3. The van der Waals surface area contributed by atoms with E-state index in [-0.39, 0.29) is 0 Å². The van der Waals surface area contributed by atoms with Crippen LogP contribution in [0.25, 0.3) is 22.0 Å². The first kappa shape index (κ1) is 17.2. The second-order valence-corrected chi connectivity index (χ2v) is 8.35. The number of nitrogens with zero attached hydrogens (tertiary/aromatic N) is 4. The molecular formula is C20H20N4S2. The van der Waals surface area contributed by atoms with E-state index in [2.05, 4.69) is 40.9 Å². The highest BCUT2D eigenvalue weighted by atomic mass is 32.1. The molecule has 1 aliphatic carbocycles. The number of aryl methyl sites for hydroxylation is 1. The molecule has 6 heteroatoms. The standard InChI is InChI=1S/C20H20N4S2/c1-13-10-16(14(2)24(13)20-22-8-9-25-20)18-12-26-19(23-18)17(11-21)15-6-4-3-5-7-15/h8-10,12H,3-7H2,1-2H3. The molecule has 26 heavy (non-hydrogen) atoms. The molecule has 0 unspecified atom stereocenters. The third-order valence-electron chi connectivity index (χ3n) is 4.96. The Hall–Kier alpha value is -2.23. The van der Waals surface area contributed by atoms with Crippen LogP contribution in [0, 0.1) is 25.2 Å². The SMILES string of the molecule is Cc1cc(-c2csc(C(C#N)=C3CCCCC3)n2)c(C)n1-c1nccs1. The second-order valence-electron chi connectivity index (χ2n) is 6.62. The van der Waals surface area contributed by atoms with Gasteiger partial charge in [0.05, 0.1) is 11.3 Å². The summed E-state index contributed by atoms with van der Waals surface area (Å²) in [6.45, 7) is 4.20. The number of thiazole rings is 2. The quantitative estimate of drug-likeness (QED) is 0.530. The van der Waals surface area contributed by atoms with E-state index in [1.54, 1.807) is 22.7 Å². The molecule has 132 valence electrons. The third kappa shape index (κ3) is 3.02. The second kappa shape index (κ2) is 7.18. The summed E-state index contributed by atoms with van der Waals surface area (Å²) in [5.41, 5.74) is 6.44. The summed E-state index contributed by atoms with van der Waals surface area (Å²) in [6, 6.07) is 4.58. The molecule has 0 atom stereocenters. The lowest BCUT2D eigenvalue weighted by Crippen LogP contribution is -1.98. The van der Waals surface area contributed by atoms with Gasteiger partial charge in [-0.15, -0.1) is 22.7 Å². The van der Waals surface area contributed by atoms with Crippen molar-refractivity contribution in [3.8, 4) is 22.5 Å². The van der Waals surface area contributed by atoms with Crippen LogP contribution in [0.15, 0.2) is 28.6 Å². The van der Waals surface area contributed by atoms with Crippen molar-refractivity contribution in [1.82, 2.24) is 14.5 Å². The summed E-state index contributed by atoms with van der Waals surface area (Å²) in [4.78, 5) is 9.27. The van der Waals surface area contributed by atoms with Crippen LogP contribution in [0.5, 0.6) is 0 Å². The van der Waals surface area contributed by atoms with Gasteiger partial charge in [0, 0.05) is 33.9 Å². The Balaban J connectivity index is 1.73. The molecule has 1 saturated carbocycles. The average Bonchev–Trinajstić information content (AvgIpc) is 3.38. The van der Waals surface area contributed by atoms with Crippen LogP contribution in [0.4, 0.5) is 0 Å². The Labute approximate surface area is 161 Å². The van der Waals surface area contributed by atoms with E-state index in [4.69, 9.17) is 4.98 Å². The van der Waals surface area contributed by atoms with E-state index in [0.717, 1.165) is 51.2 Å². The summed E-state index contributed by atoms with van der Waals surface area (Å²) in [6.07, 6.45) is 7.55. The summed E-state index contributed by atoms with van der Waals surface area (Å²) in [5.74, 6) is 0. The number of hydrogen-bond donors (Lipinski definition) is 0. The lowest BCUT2D eigenvalue weighted by atomic mass is 9.91. The van der Waals surface area contributed by atoms with E-state index < -0.39 is 0 Å². The lowest BCUT2D eigenvalue weighted by Gasteiger charge is -2.14. The fourth-order valence-corrected chi connectivity index (χ4v) is 5.28. The van der Waals surface area contributed by atoms with Crippen molar-refractivity contribution in [2.24, 2.45) is 0 Å². The molecule has 0 spiro atoms. The van der Waals surface area contributed by atoms with Gasteiger partial charge in [0.25, 0.3) is 0 Å². The van der Waals surface area contributed by atoms with Crippen molar-refractivity contribution < 1.29 is 0 Å². The van der Waals surface area contributed by atoms with E-state index in [1.807, 2.05) is 11.6 Å². The zero-order valence-electron chi connectivity index (χ0n) is 15.0. The van der Waals surface area contributed by atoms with Crippen LogP contribution in [-0.4, -0.2) is 14.5 Å². The van der Waals surface area contributed by atoms with Gasteiger partial charge in [-0.3, -0.25) is 4.57 Å². The van der Waals surface area contributed by atoms with Crippen molar-refractivity contribution >= 4 is 28.2 Å². The summed E-state index contributed by atoms with van der Waals surface area (Å²) in [5, 5.41) is 15.6. The Morgan fingerprint density at radius 3 is 2.69 bits per heavy atom. The molecule has 0 aliphatic heterocycles. The number of nitriles is 1. The molecule has 3 aromatic rings. The van der Waals surface area contributed by atoms with Gasteiger partial charge >= 0.3 is 0 Å². The van der Waals surface area contributed by atoms with Crippen LogP contribution >= 0.6 is 22.7 Å². The molecule has 0 bridgehead atoms. The molecule has 3 aromatic heterocycles. The van der Waals surface area contributed by atoms with Crippen molar-refractivity contribution in [1.29, 1.82) is 5.26 Å². The predicted octanol–water partition coefficient (Wildman–Crippen LogP) is 5.92. The van der Waals surface area contributed by atoms with E-state index in [9.17, 15) is 5.26 Å². The van der Waals surface area contributed by atoms with Crippen LogP contribution in [0.1, 0.15) is 48.5 Å². The first-order chi connectivity index (χ1) is 12.7. The maximum absolute atomic E-state index is 9.69. The van der Waals surface area contributed by atoms with E-state index in [1.165, 1.54) is 24.8 Å². The monoisotopic (exact) mass is 380 g/mol. The zero-order chi connectivity index (χ0) is 18.1. The van der Waals surface area contributed by atoms with Crippen LogP contribution in [0.3, 0.4) is 0 Å². The van der Waals surface area contributed by atoms with E-state index in [0.29, 0.717) is 0 Å². The van der Waals surface area contributed by atoms with Crippen molar-refractivity contribution in [3.63, 3.8) is 0 Å². The van der Waals surface area contributed by atoms with Gasteiger partial charge in [-0.2, -0.15) is 5.26 Å². The van der Waals surface area contributed by atoms with Gasteiger partial charge in [0.15, 0.2) is 5.13 Å². The molecule has 4 nitrogen and oxygen atoms in total. The highest BCUT2D eigenvalue weighted by Gasteiger charge is 2.19. The predicted molar refractivity (Wildman–Crippen MR) is 108 cm³/mol. The molecule has 0 saturated heterocycles. The van der Waals surface area contributed by atoms with Crippen molar-refractivity contribution in [2.45, 2.75) is 46.0 Å². The maximum atomic E-state index is 9.69. The zero-order valence-corrected chi connectivity index (χ0v) is 16.6. The first-order valence-corrected chi connectivity index (χ1v) is 10.6. The minimum Gasteiger partial charge on any atom is -0.294 e. The van der Waals surface area contributed by atoms with Gasteiger partial charge in [-0.25, -0.2) is 9.97 Å². The number of allylic oxidation sites excluding steroid dienone is 2. The molecular weight excluding hydrogens is 360 g/mol. The van der Waals surface area contributed by atoms with Gasteiger partial charge < -0.3 is 0 Å². The van der Waals surface area contributed by atoms with Crippen molar-refractivity contribution in [3.05, 3.63) is 45.0 Å². The normalized spacial score (nSPS) is 14.4. The Bertz CT molecular complexity index is 991. The van der Waals surface area contributed by atoms with Gasteiger partial charge in [0.1, 0.15) is 11.1 Å². The fraction of sp³-hybridized carbons (Fsp3) is 0.350. The average molecular weight is 381 g/mol. The summed E-state index contributed by atoms with van der Waals surface area (Å²) >= 11 is 3.21. The lowest BCUT2D eigenvalue weighted by molar-refractivity contribution is 0.601. The molecule has 0 amide bonds. The first-order valence-electron chi connectivity index (χ1n) is 8.86. The van der Waals surface area contributed by atoms with Crippen molar-refractivity contribution in [2.75, 3.05) is 0 Å². The highest BCUT2D eigenvalue weighted by molar-refractivity contribution is 7.12. The smallest absolute Gasteiger partial charge is 0.193 e. The minimum atomic E-state index is 0.801. The van der Waals surface area contributed by atoms with Crippen LogP contribution in [-0.2, 0) is 0 Å². The molecule has 0 radical (unpaired) electrons. The van der Waals surface area contributed by atoms with Crippen LogP contribution in [0.2, 0.25) is 0 Å². The fourth-order valence-electron chi connectivity index (χ4n) is 3.66. The molecule has 4 rings (SSSR count). The topological polar surface area (TPSA) is 54.5 Å². The maximum Gasteiger partial charge on any atom is 0.193 e.